The second kappa shape index (κ2) is 5.54. The van der Waals surface area contributed by atoms with Gasteiger partial charge in [0.05, 0.1) is 6.26 Å². The van der Waals surface area contributed by atoms with Crippen LogP contribution >= 0.6 is 28.6 Å². The van der Waals surface area contributed by atoms with Gasteiger partial charge in [-0.25, -0.2) is 9.78 Å². The molecule has 0 spiro atoms. The standard InChI is InChI=1S/C15H10BrNO3S/c1-8-6-10(2-3-12(8)21)20-15(18)11-7-9-4-5-19-13(9)14(16)17-11/h2-7,21H,1H3. The number of pyridine rings is 1. The first-order valence-corrected chi connectivity index (χ1v) is 7.34. The van der Waals surface area contributed by atoms with Crippen LogP contribution in [-0.4, -0.2) is 11.0 Å². The topological polar surface area (TPSA) is 52.3 Å². The van der Waals surface area contributed by atoms with Crippen LogP contribution in [0, 0.1) is 6.92 Å². The third-order valence-corrected chi connectivity index (χ3v) is 4.02. The van der Waals surface area contributed by atoms with E-state index in [0.29, 0.717) is 15.9 Å². The molecule has 0 saturated heterocycles. The maximum Gasteiger partial charge on any atom is 0.362 e. The van der Waals surface area contributed by atoms with Crippen molar-refractivity contribution in [3.05, 3.63) is 52.5 Å². The average molecular weight is 364 g/mol. The fourth-order valence-corrected chi connectivity index (χ4v) is 2.54. The van der Waals surface area contributed by atoms with Gasteiger partial charge in [0.1, 0.15) is 10.4 Å². The number of benzene rings is 1. The summed E-state index contributed by atoms with van der Waals surface area (Å²) in [5.74, 6) is -0.0642. The quantitative estimate of drug-likeness (QED) is 0.317. The number of furan rings is 1. The maximum absolute atomic E-state index is 12.2. The minimum atomic E-state index is -0.523. The summed E-state index contributed by atoms with van der Waals surface area (Å²) in [6, 6.07) is 8.62. The number of aromatic nitrogens is 1. The Morgan fingerprint density at radius 1 is 1.33 bits per heavy atom. The van der Waals surface area contributed by atoms with E-state index < -0.39 is 5.97 Å². The zero-order valence-electron chi connectivity index (χ0n) is 11.0. The molecule has 3 aromatic rings. The summed E-state index contributed by atoms with van der Waals surface area (Å²) in [7, 11) is 0. The molecule has 21 heavy (non-hydrogen) atoms. The number of nitrogens with zero attached hydrogens (tertiary/aromatic N) is 1. The lowest BCUT2D eigenvalue weighted by Crippen LogP contribution is -2.10. The number of hydrogen-bond acceptors (Lipinski definition) is 5. The van der Waals surface area contributed by atoms with Crippen LogP contribution in [0.5, 0.6) is 5.75 Å². The van der Waals surface area contributed by atoms with Gasteiger partial charge in [0.15, 0.2) is 11.3 Å². The second-order valence-electron chi connectivity index (χ2n) is 4.48. The van der Waals surface area contributed by atoms with Crippen LogP contribution in [0.25, 0.3) is 11.0 Å². The van der Waals surface area contributed by atoms with Gasteiger partial charge in [0.25, 0.3) is 0 Å². The Kier molecular flexibility index (Phi) is 3.73. The van der Waals surface area contributed by atoms with Gasteiger partial charge in [-0.1, -0.05) is 0 Å². The summed E-state index contributed by atoms with van der Waals surface area (Å²) >= 11 is 7.56. The van der Waals surface area contributed by atoms with Crippen molar-refractivity contribution in [1.29, 1.82) is 0 Å². The number of rotatable bonds is 2. The average Bonchev–Trinajstić information content (AvgIpc) is 2.92. The molecule has 0 aliphatic heterocycles. The summed E-state index contributed by atoms with van der Waals surface area (Å²) in [5.41, 5.74) is 1.74. The molecule has 0 saturated carbocycles. The van der Waals surface area contributed by atoms with Crippen molar-refractivity contribution in [2.75, 3.05) is 0 Å². The highest BCUT2D eigenvalue weighted by atomic mass is 79.9. The van der Waals surface area contributed by atoms with Gasteiger partial charge >= 0.3 is 5.97 Å². The van der Waals surface area contributed by atoms with Crippen LogP contribution in [0.4, 0.5) is 0 Å². The molecule has 0 aliphatic carbocycles. The summed E-state index contributed by atoms with van der Waals surface area (Å²) in [6.45, 7) is 1.89. The Morgan fingerprint density at radius 3 is 2.90 bits per heavy atom. The van der Waals surface area contributed by atoms with Crippen molar-refractivity contribution in [3.63, 3.8) is 0 Å². The van der Waals surface area contributed by atoms with Crippen LogP contribution in [0.2, 0.25) is 0 Å². The molecule has 0 fully saturated rings. The summed E-state index contributed by atoms with van der Waals surface area (Å²) in [4.78, 5) is 17.2. The van der Waals surface area contributed by atoms with Gasteiger partial charge in [0.2, 0.25) is 0 Å². The van der Waals surface area contributed by atoms with Crippen molar-refractivity contribution >= 4 is 45.5 Å². The van der Waals surface area contributed by atoms with Crippen LogP contribution < -0.4 is 4.74 Å². The summed E-state index contributed by atoms with van der Waals surface area (Å²) < 4.78 is 11.1. The highest BCUT2D eigenvalue weighted by molar-refractivity contribution is 9.10. The van der Waals surface area contributed by atoms with Crippen LogP contribution in [-0.2, 0) is 0 Å². The first kappa shape index (κ1) is 14.2. The Morgan fingerprint density at radius 2 is 2.14 bits per heavy atom. The predicted octanol–water partition coefficient (Wildman–Crippen LogP) is 4.41. The van der Waals surface area contributed by atoms with Crippen LogP contribution in [0.1, 0.15) is 16.1 Å². The van der Waals surface area contributed by atoms with E-state index in [4.69, 9.17) is 9.15 Å². The second-order valence-corrected chi connectivity index (χ2v) is 5.71. The number of carbonyl (C=O) groups excluding carboxylic acids is 1. The molecule has 3 rings (SSSR count). The van der Waals surface area contributed by atoms with E-state index in [1.54, 1.807) is 36.6 Å². The number of carbonyl (C=O) groups is 1. The van der Waals surface area contributed by atoms with Crippen LogP contribution in [0.15, 0.2) is 50.5 Å². The largest absolute Gasteiger partial charge is 0.461 e. The van der Waals surface area contributed by atoms with E-state index in [0.717, 1.165) is 15.8 Å². The molecule has 0 amide bonds. The molecule has 6 heteroatoms. The Hall–Kier alpha value is -1.79. The fourth-order valence-electron chi connectivity index (χ4n) is 1.89. The van der Waals surface area contributed by atoms with Gasteiger partial charge in [-0.2, -0.15) is 0 Å². The first-order chi connectivity index (χ1) is 10.0. The van der Waals surface area contributed by atoms with Gasteiger partial charge in [-0.15, -0.1) is 12.6 Å². The number of hydrogen-bond donors (Lipinski definition) is 1. The van der Waals surface area contributed by atoms with Crippen molar-refractivity contribution < 1.29 is 13.9 Å². The molecule has 0 atom stereocenters. The molecular weight excluding hydrogens is 354 g/mol. The van der Waals surface area contributed by atoms with E-state index in [2.05, 4.69) is 33.5 Å². The lowest BCUT2D eigenvalue weighted by atomic mass is 10.2. The summed E-state index contributed by atoms with van der Waals surface area (Å²) in [5, 5.41) is 0.783. The molecule has 0 radical (unpaired) electrons. The minimum Gasteiger partial charge on any atom is -0.461 e. The molecule has 0 bridgehead atoms. The van der Waals surface area contributed by atoms with E-state index in [9.17, 15) is 4.79 Å². The minimum absolute atomic E-state index is 0.211. The smallest absolute Gasteiger partial charge is 0.362 e. The van der Waals surface area contributed by atoms with Gasteiger partial charge in [-0.3, -0.25) is 0 Å². The Balaban J connectivity index is 1.91. The maximum atomic E-state index is 12.2. The molecule has 106 valence electrons. The van der Waals surface area contributed by atoms with E-state index in [1.165, 1.54) is 0 Å². The third-order valence-electron chi connectivity index (χ3n) is 2.98. The number of thiol groups is 1. The number of aryl methyl sites for hydroxylation is 1. The van der Waals surface area contributed by atoms with Crippen LogP contribution in [0.3, 0.4) is 0 Å². The Labute approximate surface area is 134 Å². The highest BCUT2D eigenvalue weighted by Gasteiger charge is 2.15. The molecule has 0 aliphatic rings. The van der Waals surface area contributed by atoms with Gasteiger partial charge in [0, 0.05) is 10.3 Å². The molecular formula is C15H10BrNO3S. The van der Waals surface area contributed by atoms with E-state index in [1.807, 2.05) is 6.92 Å². The first-order valence-electron chi connectivity index (χ1n) is 6.10. The van der Waals surface area contributed by atoms with Crippen molar-refractivity contribution in [3.8, 4) is 5.75 Å². The number of halogens is 1. The molecule has 0 unspecified atom stereocenters. The van der Waals surface area contributed by atoms with E-state index in [-0.39, 0.29) is 5.69 Å². The van der Waals surface area contributed by atoms with Crippen molar-refractivity contribution in [2.45, 2.75) is 11.8 Å². The number of esters is 1. The third kappa shape index (κ3) is 2.82. The monoisotopic (exact) mass is 363 g/mol. The van der Waals surface area contributed by atoms with Crippen molar-refractivity contribution in [2.24, 2.45) is 0 Å². The SMILES string of the molecule is Cc1cc(OC(=O)c2cc3ccoc3c(Br)n2)ccc1S. The van der Waals surface area contributed by atoms with Gasteiger partial charge < -0.3 is 9.15 Å². The number of fused-ring (bicyclic) bond motifs is 1. The molecule has 4 nitrogen and oxygen atoms in total. The predicted molar refractivity (Wildman–Crippen MR) is 85.1 cm³/mol. The molecule has 2 heterocycles. The normalized spacial score (nSPS) is 10.8. The van der Waals surface area contributed by atoms with Crippen molar-refractivity contribution in [1.82, 2.24) is 4.98 Å². The fraction of sp³-hybridized carbons (Fsp3) is 0.0667. The zero-order chi connectivity index (χ0) is 15.0. The lowest BCUT2D eigenvalue weighted by molar-refractivity contribution is 0.0728. The molecule has 0 N–H and O–H groups in total. The lowest BCUT2D eigenvalue weighted by Gasteiger charge is -2.06. The van der Waals surface area contributed by atoms with E-state index >= 15 is 0 Å². The highest BCUT2D eigenvalue weighted by Crippen LogP contribution is 2.25. The number of ether oxygens (including phenoxy) is 1. The molecule has 1 aromatic carbocycles. The molecule has 2 aromatic heterocycles. The zero-order valence-corrected chi connectivity index (χ0v) is 13.4. The van der Waals surface area contributed by atoms with Gasteiger partial charge in [-0.05, 0) is 58.7 Å². The Bertz CT molecular complexity index is 844. The summed E-state index contributed by atoms with van der Waals surface area (Å²) in [6.07, 6.45) is 1.54.